The number of unbranched alkanes of at least 4 members (excludes halogenated alkanes) is 1. The molecule has 0 spiro atoms. The van der Waals surface area contributed by atoms with Crippen LogP contribution in [0.4, 0.5) is 8.78 Å². The second-order valence-corrected chi connectivity index (χ2v) is 8.32. The number of hydrogen-bond acceptors (Lipinski definition) is 4. The Kier molecular flexibility index (Phi) is 8.01. The topological polar surface area (TPSA) is 75.9 Å². The van der Waals surface area contributed by atoms with E-state index < -0.39 is 11.6 Å². The highest BCUT2D eigenvalue weighted by atomic mass is 35.5. The summed E-state index contributed by atoms with van der Waals surface area (Å²) in [6, 6.07) is 11.4. The predicted octanol–water partition coefficient (Wildman–Crippen LogP) is 3.64. The molecule has 10 heteroatoms. The van der Waals surface area contributed by atoms with E-state index in [1.165, 1.54) is 28.9 Å². The van der Waals surface area contributed by atoms with Crippen LogP contribution in [0.2, 0.25) is 0 Å². The molecular weight excluding hydrogens is 464 g/mol. The number of halogens is 3. The fourth-order valence-corrected chi connectivity index (χ4v) is 3.81. The molecule has 0 radical (unpaired) electrons. The second-order valence-electron chi connectivity index (χ2n) is 8.32. The van der Waals surface area contributed by atoms with Crippen molar-refractivity contribution < 1.29 is 8.78 Å². The largest absolute Gasteiger partial charge is 0.326 e. The Bertz CT molecular complexity index is 1390. The van der Waals surface area contributed by atoms with Crippen molar-refractivity contribution in [2.24, 2.45) is 0 Å². The Morgan fingerprint density at radius 1 is 0.971 bits per heavy atom. The van der Waals surface area contributed by atoms with Gasteiger partial charge in [-0.05, 0) is 69.4 Å². The van der Waals surface area contributed by atoms with Gasteiger partial charge in [-0.3, -0.25) is 9.36 Å². The first-order valence-electron chi connectivity index (χ1n) is 10.7. The fourth-order valence-electron chi connectivity index (χ4n) is 3.81. The Morgan fingerprint density at radius 3 is 2.41 bits per heavy atom. The Balaban J connectivity index is 0.00000324. The van der Waals surface area contributed by atoms with Gasteiger partial charge in [-0.15, -0.1) is 12.4 Å². The van der Waals surface area contributed by atoms with Crippen LogP contribution in [-0.2, 0) is 13.1 Å². The van der Waals surface area contributed by atoms with Gasteiger partial charge < -0.3 is 9.88 Å². The second kappa shape index (κ2) is 10.8. The maximum Gasteiger partial charge on any atom is 0.326 e. The number of hydrogen-bond donors (Lipinski definition) is 1. The van der Waals surface area contributed by atoms with Gasteiger partial charge in [-0.1, -0.05) is 6.07 Å². The normalized spacial score (nSPS) is 11.2. The van der Waals surface area contributed by atoms with Crippen molar-refractivity contribution in [1.29, 1.82) is 0 Å². The molecular formula is C24H26ClF2N5O2. The van der Waals surface area contributed by atoms with Crippen LogP contribution in [-0.4, -0.2) is 44.9 Å². The van der Waals surface area contributed by atoms with Crippen LogP contribution in [0.1, 0.15) is 18.4 Å². The van der Waals surface area contributed by atoms with E-state index in [9.17, 15) is 18.4 Å². The third kappa shape index (κ3) is 5.78. The lowest BCUT2D eigenvalue weighted by molar-refractivity contribution is 0.388. The molecule has 0 atom stereocenters. The molecule has 0 bridgehead atoms. The molecule has 2 heterocycles. The molecule has 2 aromatic heterocycles. The van der Waals surface area contributed by atoms with Crippen molar-refractivity contribution >= 4 is 23.4 Å². The zero-order valence-electron chi connectivity index (χ0n) is 18.9. The molecule has 4 aromatic rings. The summed E-state index contributed by atoms with van der Waals surface area (Å²) < 4.78 is 30.2. The van der Waals surface area contributed by atoms with Crippen molar-refractivity contribution in [2.45, 2.75) is 25.9 Å². The van der Waals surface area contributed by atoms with Gasteiger partial charge in [0.2, 0.25) is 0 Å². The SMILES string of the molecule is CN(C)CCCCn1c(=O)[nH]c2ccc(Cn3nc(-c4cc(F)cc(F)c4)ccc3=O)cc21.Cl. The molecule has 4 rings (SSSR count). The van der Waals surface area contributed by atoms with E-state index in [-0.39, 0.29) is 41.5 Å². The summed E-state index contributed by atoms with van der Waals surface area (Å²) in [5.74, 6) is -1.43. The average molecular weight is 490 g/mol. The summed E-state index contributed by atoms with van der Waals surface area (Å²) in [4.78, 5) is 29.8. The maximum absolute atomic E-state index is 13.6. The summed E-state index contributed by atoms with van der Waals surface area (Å²) in [5.41, 5.74) is 2.28. The smallest absolute Gasteiger partial charge is 0.309 e. The molecule has 0 aliphatic carbocycles. The lowest BCUT2D eigenvalue weighted by Gasteiger charge is -2.10. The van der Waals surface area contributed by atoms with E-state index in [0.717, 1.165) is 42.0 Å². The zero-order valence-corrected chi connectivity index (χ0v) is 19.7. The highest BCUT2D eigenvalue weighted by Gasteiger charge is 2.11. The molecule has 0 amide bonds. The average Bonchev–Trinajstić information content (AvgIpc) is 3.06. The minimum Gasteiger partial charge on any atom is -0.309 e. The van der Waals surface area contributed by atoms with Crippen LogP contribution >= 0.6 is 12.4 Å². The number of aromatic nitrogens is 4. The molecule has 0 saturated carbocycles. The van der Waals surface area contributed by atoms with Gasteiger partial charge in [-0.2, -0.15) is 5.10 Å². The molecule has 0 aliphatic rings. The molecule has 0 unspecified atom stereocenters. The molecule has 0 saturated heterocycles. The van der Waals surface area contributed by atoms with E-state index in [1.54, 1.807) is 10.6 Å². The van der Waals surface area contributed by atoms with Crippen LogP contribution in [0.3, 0.4) is 0 Å². The number of imidazole rings is 1. The molecule has 0 fully saturated rings. The molecule has 180 valence electrons. The number of benzene rings is 2. The van der Waals surface area contributed by atoms with Crippen molar-refractivity contribution in [2.75, 3.05) is 20.6 Å². The van der Waals surface area contributed by atoms with Gasteiger partial charge in [-0.25, -0.2) is 18.3 Å². The summed E-state index contributed by atoms with van der Waals surface area (Å²) in [6.45, 7) is 1.69. The van der Waals surface area contributed by atoms with Crippen molar-refractivity contribution in [3.05, 3.63) is 86.6 Å². The monoisotopic (exact) mass is 489 g/mol. The summed E-state index contributed by atoms with van der Waals surface area (Å²) in [6.07, 6.45) is 1.83. The predicted molar refractivity (Wildman–Crippen MR) is 131 cm³/mol. The van der Waals surface area contributed by atoms with Crippen LogP contribution < -0.4 is 11.2 Å². The highest BCUT2D eigenvalue weighted by Crippen LogP contribution is 2.19. The van der Waals surface area contributed by atoms with Gasteiger partial charge in [0.25, 0.3) is 5.56 Å². The minimum absolute atomic E-state index is 0. The van der Waals surface area contributed by atoms with Gasteiger partial charge >= 0.3 is 5.69 Å². The maximum atomic E-state index is 13.6. The van der Waals surface area contributed by atoms with Crippen LogP contribution in [0.15, 0.2) is 58.1 Å². The van der Waals surface area contributed by atoms with E-state index in [0.29, 0.717) is 6.54 Å². The van der Waals surface area contributed by atoms with Crippen molar-refractivity contribution in [3.63, 3.8) is 0 Å². The van der Waals surface area contributed by atoms with Crippen molar-refractivity contribution in [1.82, 2.24) is 24.2 Å². The van der Waals surface area contributed by atoms with E-state index >= 15 is 0 Å². The molecule has 1 N–H and O–H groups in total. The number of fused-ring (bicyclic) bond motifs is 1. The summed E-state index contributed by atoms with van der Waals surface area (Å²) >= 11 is 0. The highest BCUT2D eigenvalue weighted by molar-refractivity contribution is 5.85. The van der Waals surface area contributed by atoms with Crippen molar-refractivity contribution in [3.8, 4) is 11.3 Å². The fraction of sp³-hybridized carbons (Fsp3) is 0.292. The summed E-state index contributed by atoms with van der Waals surface area (Å²) in [7, 11) is 4.03. The Labute approximate surface area is 201 Å². The van der Waals surface area contributed by atoms with Crippen LogP contribution in [0.5, 0.6) is 0 Å². The first-order chi connectivity index (χ1) is 15.8. The van der Waals surface area contributed by atoms with E-state index in [1.807, 2.05) is 26.2 Å². The molecule has 34 heavy (non-hydrogen) atoms. The molecule has 2 aromatic carbocycles. The van der Waals surface area contributed by atoms with Gasteiger partial charge in [0.1, 0.15) is 11.6 Å². The number of aryl methyl sites for hydroxylation is 1. The van der Waals surface area contributed by atoms with Gasteiger partial charge in [0, 0.05) is 24.2 Å². The quantitative estimate of drug-likeness (QED) is 0.383. The lowest BCUT2D eigenvalue weighted by Crippen LogP contribution is -2.23. The van der Waals surface area contributed by atoms with E-state index in [4.69, 9.17) is 0 Å². The third-order valence-corrected chi connectivity index (χ3v) is 5.43. The van der Waals surface area contributed by atoms with E-state index in [2.05, 4.69) is 15.0 Å². The first-order valence-corrected chi connectivity index (χ1v) is 10.7. The molecule has 0 aliphatic heterocycles. The zero-order chi connectivity index (χ0) is 23.5. The number of nitrogens with zero attached hydrogens (tertiary/aromatic N) is 4. The first kappa shape index (κ1) is 25.3. The Morgan fingerprint density at radius 2 is 1.71 bits per heavy atom. The van der Waals surface area contributed by atoms with Gasteiger partial charge in [0.15, 0.2) is 0 Å². The number of nitrogens with one attached hydrogen (secondary N) is 1. The third-order valence-electron chi connectivity index (χ3n) is 5.43. The van der Waals surface area contributed by atoms with Gasteiger partial charge in [0.05, 0.1) is 23.3 Å². The summed E-state index contributed by atoms with van der Waals surface area (Å²) in [5, 5.41) is 4.29. The number of rotatable bonds is 8. The van der Waals surface area contributed by atoms with Crippen LogP contribution in [0.25, 0.3) is 22.3 Å². The number of aromatic amines is 1. The Hall–Kier alpha value is -3.30. The van der Waals surface area contributed by atoms with Crippen LogP contribution in [0, 0.1) is 11.6 Å². The lowest BCUT2D eigenvalue weighted by atomic mass is 10.1. The molecule has 7 nitrogen and oxygen atoms in total. The standard InChI is InChI=1S/C24H25F2N5O2.ClH/c1-29(2)9-3-4-10-30-22-11-16(5-6-21(22)27-24(30)33)15-31-23(32)8-7-20(28-31)17-12-18(25)14-19(26)13-17;/h5-8,11-14H,3-4,9-10,15H2,1-2H3,(H,27,33);1H. The minimum atomic E-state index is -0.717. The number of H-pyrrole nitrogens is 1.